The summed E-state index contributed by atoms with van der Waals surface area (Å²) in [6, 6.07) is 75.2. The Hall–Kier alpha value is -7.69. The Morgan fingerprint density at radius 2 is 1.07 bits per heavy atom. The van der Waals surface area contributed by atoms with Crippen molar-refractivity contribution in [2.45, 2.75) is 0 Å². The van der Waals surface area contributed by atoms with Gasteiger partial charge in [-0.1, -0.05) is 140 Å². The molecule has 0 amide bonds. The highest BCUT2D eigenvalue weighted by molar-refractivity contribution is 6.19. The molecular formula is C53H35N3O. The minimum absolute atomic E-state index is 0.616. The predicted octanol–water partition coefficient (Wildman–Crippen LogP) is 14.5. The molecule has 0 radical (unpaired) electrons. The van der Waals surface area contributed by atoms with Gasteiger partial charge in [-0.3, -0.25) is 0 Å². The van der Waals surface area contributed by atoms with Gasteiger partial charge in [-0.15, -0.1) is 0 Å². The fraction of sp³-hybridized carbons (Fsp3) is 0. The van der Waals surface area contributed by atoms with Crippen LogP contribution in [0, 0.1) is 0 Å². The SMILES string of the molecule is c1ccc(-c2ccc(N(c3cccc(-c4cccc5nc(-c6ccccc6)oc45)c3)c3ccc4c(c3)c3ccc5ccccc5c3n4-c3ccccc3)cc2)cc1. The van der Waals surface area contributed by atoms with Crippen LogP contribution in [0.5, 0.6) is 0 Å². The Labute approximate surface area is 330 Å². The second kappa shape index (κ2) is 13.6. The molecule has 2 aromatic heterocycles. The van der Waals surface area contributed by atoms with Gasteiger partial charge in [-0.25, -0.2) is 4.98 Å². The van der Waals surface area contributed by atoms with Gasteiger partial charge in [0.1, 0.15) is 5.52 Å². The molecule has 11 aromatic rings. The van der Waals surface area contributed by atoms with Crippen LogP contribution in [0.15, 0.2) is 217 Å². The van der Waals surface area contributed by atoms with Gasteiger partial charge in [0.15, 0.2) is 5.58 Å². The van der Waals surface area contributed by atoms with E-state index in [-0.39, 0.29) is 0 Å². The van der Waals surface area contributed by atoms with Gasteiger partial charge < -0.3 is 13.9 Å². The Morgan fingerprint density at radius 3 is 1.88 bits per heavy atom. The highest BCUT2D eigenvalue weighted by Gasteiger charge is 2.20. The average molecular weight is 730 g/mol. The van der Waals surface area contributed by atoms with Gasteiger partial charge in [0.25, 0.3) is 0 Å². The summed E-state index contributed by atoms with van der Waals surface area (Å²) in [6.45, 7) is 0. The second-order valence-corrected chi connectivity index (χ2v) is 14.4. The van der Waals surface area contributed by atoms with Gasteiger partial charge in [0, 0.05) is 50.0 Å². The number of oxazole rings is 1. The van der Waals surface area contributed by atoms with Gasteiger partial charge in [-0.05, 0) is 94.9 Å². The minimum atomic E-state index is 0.616. The number of para-hydroxylation sites is 2. The molecule has 0 saturated heterocycles. The van der Waals surface area contributed by atoms with Crippen LogP contribution in [0.1, 0.15) is 0 Å². The van der Waals surface area contributed by atoms with E-state index in [4.69, 9.17) is 9.40 Å². The Morgan fingerprint density at radius 1 is 0.421 bits per heavy atom. The van der Waals surface area contributed by atoms with Crippen LogP contribution < -0.4 is 4.90 Å². The number of benzene rings is 9. The molecule has 57 heavy (non-hydrogen) atoms. The van der Waals surface area contributed by atoms with Crippen LogP contribution in [0.2, 0.25) is 0 Å². The topological polar surface area (TPSA) is 34.2 Å². The summed E-state index contributed by atoms with van der Waals surface area (Å²) in [6.07, 6.45) is 0. The van der Waals surface area contributed by atoms with Crippen molar-refractivity contribution in [3.63, 3.8) is 0 Å². The summed E-state index contributed by atoms with van der Waals surface area (Å²) in [7, 11) is 0. The Balaban J connectivity index is 1.11. The van der Waals surface area contributed by atoms with Crippen LogP contribution in [-0.4, -0.2) is 9.55 Å². The number of aromatic nitrogens is 2. The molecule has 0 spiro atoms. The monoisotopic (exact) mass is 729 g/mol. The third kappa shape index (κ3) is 5.66. The molecule has 4 nitrogen and oxygen atoms in total. The molecular weight excluding hydrogens is 695 g/mol. The number of anilines is 3. The summed E-state index contributed by atoms with van der Waals surface area (Å²) < 4.78 is 8.91. The van der Waals surface area contributed by atoms with E-state index in [2.05, 4.69) is 185 Å². The highest BCUT2D eigenvalue weighted by atomic mass is 16.3. The van der Waals surface area contributed by atoms with Gasteiger partial charge in [0.2, 0.25) is 5.89 Å². The summed E-state index contributed by atoms with van der Waals surface area (Å²) in [5.41, 5.74) is 13.6. The van der Waals surface area contributed by atoms with Crippen molar-refractivity contribution in [1.29, 1.82) is 0 Å². The molecule has 0 aliphatic heterocycles. The lowest BCUT2D eigenvalue weighted by Crippen LogP contribution is -2.10. The number of fused-ring (bicyclic) bond motifs is 6. The zero-order valence-corrected chi connectivity index (χ0v) is 31.0. The number of rotatable bonds is 7. The quantitative estimate of drug-likeness (QED) is 0.164. The molecule has 0 N–H and O–H groups in total. The standard InChI is InChI=1S/C53H35N3O/c1-4-14-36(15-5-1)37-26-29-42(30-27-37)55(43-22-12-19-40(34-43)46-24-13-25-49-52(46)57-53(54-49)39-17-6-2-7-18-39)44-31-33-50-48(35-44)47-32-28-38-16-10-11-23-45(38)51(47)56(50)41-20-8-3-9-21-41/h1-35H. The Kier molecular flexibility index (Phi) is 7.78. The smallest absolute Gasteiger partial charge is 0.227 e. The molecule has 0 saturated carbocycles. The molecule has 0 atom stereocenters. The number of hydrogen-bond acceptors (Lipinski definition) is 3. The van der Waals surface area contributed by atoms with Crippen molar-refractivity contribution in [3.8, 4) is 39.4 Å². The lowest BCUT2D eigenvalue weighted by Gasteiger charge is -2.26. The van der Waals surface area contributed by atoms with E-state index in [1.165, 1.54) is 38.2 Å². The molecule has 268 valence electrons. The molecule has 0 bridgehead atoms. The predicted molar refractivity (Wildman–Crippen MR) is 237 cm³/mol. The summed E-state index contributed by atoms with van der Waals surface area (Å²) >= 11 is 0. The molecule has 0 fully saturated rings. The second-order valence-electron chi connectivity index (χ2n) is 14.4. The van der Waals surface area contributed by atoms with Crippen molar-refractivity contribution in [3.05, 3.63) is 212 Å². The third-order valence-electron chi connectivity index (χ3n) is 11.0. The van der Waals surface area contributed by atoms with E-state index >= 15 is 0 Å². The Bertz CT molecular complexity index is 3220. The van der Waals surface area contributed by atoms with Crippen molar-refractivity contribution >= 4 is 60.7 Å². The molecule has 2 heterocycles. The van der Waals surface area contributed by atoms with Crippen molar-refractivity contribution < 1.29 is 4.42 Å². The highest BCUT2D eigenvalue weighted by Crippen LogP contribution is 2.43. The molecule has 0 aliphatic carbocycles. The van der Waals surface area contributed by atoms with Crippen LogP contribution >= 0.6 is 0 Å². The van der Waals surface area contributed by atoms with E-state index in [9.17, 15) is 0 Å². The number of nitrogens with zero attached hydrogens (tertiary/aromatic N) is 3. The lowest BCUT2D eigenvalue weighted by molar-refractivity contribution is 0.621. The van der Waals surface area contributed by atoms with E-state index in [0.29, 0.717) is 5.89 Å². The molecule has 9 aromatic carbocycles. The summed E-state index contributed by atoms with van der Waals surface area (Å²) in [4.78, 5) is 7.23. The van der Waals surface area contributed by atoms with Gasteiger partial charge in [0.05, 0.1) is 11.0 Å². The fourth-order valence-electron chi connectivity index (χ4n) is 8.33. The molecule has 4 heteroatoms. The van der Waals surface area contributed by atoms with E-state index < -0.39 is 0 Å². The van der Waals surface area contributed by atoms with Crippen LogP contribution in [0.25, 0.3) is 83.1 Å². The summed E-state index contributed by atoms with van der Waals surface area (Å²) in [5.74, 6) is 0.616. The van der Waals surface area contributed by atoms with Crippen LogP contribution in [0.4, 0.5) is 17.1 Å². The average Bonchev–Trinajstić information content (AvgIpc) is 3.88. The number of hydrogen-bond donors (Lipinski definition) is 0. The first-order valence-corrected chi connectivity index (χ1v) is 19.3. The van der Waals surface area contributed by atoms with Crippen LogP contribution in [-0.2, 0) is 0 Å². The molecule has 11 rings (SSSR count). The van der Waals surface area contributed by atoms with Gasteiger partial charge in [-0.2, -0.15) is 0 Å². The molecule has 0 unspecified atom stereocenters. The maximum absolute atomic E-state index is 6.50. The third-order valence-corrected chi connectivity index (χ3v) is 11.0. The normalized spacial score (nSPS) is 11.5. The van der Waals surface area contributed by atoms with Crippen molar-refractivity contribution in [1.82, 2.24) is 9.55 Å². The lowest BCUT2D eigenvalue weighted by atomic mass is 10.0. The largest absolute Gasteiger partial charge is 0.435 e. The summed E-state index contributed by atoms with van der Waals surface area (Å²) in [5, 5.41) is 4.86. The van der Waals surface area contributed by atoms with Crippen molar-refractivity contribution in [2.75, 3.05) is 4.90 Å². The zero-order chi connectivity index (χ0) is 37.7. The molecule has 0 aliphatic rings. The van der Waals surface area contributed by atoms with Crippen molar-refractivity contribution in [2.24, 2.45) is 0 Å². The van der Waals surface area contributed by atoms with E-state index in [0.717, 1.165) is 56.1 Å². The maximum Gasteiger partial charge on any atom is 0.227 e. The van der Waals surface area contributed by atoms with Crippen LogP contribution in [0.3, 0.4) is 0 Å². The first-order valence-electron chi connectivity index (χ1n) is 19.3. The van der Waals surface area contributed by atoms with E-state index in [1.54, 1.807) is 0 Å². The van der Waals surface area contributed by atoms with Gasteiger partial charge >= 0.3 is 0 Å². The zero-order valence-electron chi connectivity index (χ0n) is 31.0. The first kappa shape index (κ1) is 32.7. The first-order chi connectivity index (χ1) is 28.3. The fourth-order valence-corrected chi connectivity index (χ4v) is 8.33. The minimum Gasteiger partial charge on any atom is -0.435 e. The maximum atomic E-state index is 6.50. The van der Waals surface area contributed by atoms with E-state index in [1.807, 2.05) is 36.4 Å².